The quantitative estimate of drug-likeness (QED) is 0.579. The molecule has 1 saturated heterocycles. The highest BCUT2D eigenvalue weighted by atomic mass is 35.5. The van der Waals surface area contributed by atoms with Gasteiger partial charge in [0.05, 0.1) is 22.7 Å². The third kappa shape index (κ3) is 3.95. The maximum absolute atomic E-state index is 14.3. The molecule has 0 bridgehead atoms. The predicted octanol–water partition coefficient (Wildman–Crippen LogP) is 4.58. The lowest BCUT2D eigenvalue weighted by Crippen LogP contribution is -2.45. The van der Waals surface area contributed by atoms with Crippen molar-refractivity contribution in [2.75, 3.05) is 18.0 Å². The molecular formula is C21H20ClFN2O4S. The summed E-state index contributed by atoms with van der Waals surface area (Å²) in [4.78, 5) is 6.03. The van der Waals surface area contributed by atoms with Crippen LogP contribution in [0.3, 0.4) is 0 Å². The average Bonchev–Trinajstić information content (AvgIpc) is 3.14. The van der Waals surface area contributed by atoms with Gasteiger partial charge in [0.1, 0.15) is 5.82 Å². The van der Waals surface area contributed by atoms with Crippen molar-refractivity contribution in [1.29, 1.82) is 0 Å². The van der Waals surface area contributed by atoms with Crippen molar-refractivity contribution in [1.82, 2.24) is 4.98 Å². The van der Waals surface area contributed by atoms with Crippen LogP contribution in [-0.4, -0.2) is 38.7 Å². The van der Waals surface area contributed by atoms with Crippen LogP contribution < -0.4 is 4.90 Å². The monoisotopic (exact) mass is 450 g/mol. The topological polar surface area (TPSA) is 72.6 Å². The summed E-state index contributed by atoms with van der Waals surface area (Å²) in [6.45, 7) is 4.62. The van der Waals surface area contributed by atoms with E-state index in [-0.39, 0.29) is 39.5 Å². The highest BCUT2D eigenvalue weighted by Gasteiger charge is 2.34. The van der Waals surface area contributed by atoms with Crippen LogP contribution in [0.1, 0.15) is 13.8 Å². The Kier molecular flexibility index (Phi) is 5.57. The van der Waals surface area contributed by atoms with Crippen molar-refractivity contribution in [3.63, 3.8) is 0 Å². The van der Waals surface area contributed by atoms with Gasteiger partial charge in [-0.3, -0.25) is 0 Å². The molecule has 1 aromatic heterocycles. The van der Waals surface area contributed by atoms with E-state index in [1.807, 2.05) is 13.8 Å². The van der Waals surface area contributed by atoms with Gasteiger partial charge >= 0.3 is 0 Å². The summed E-state index contributed by atoms with van der Waals surface area (Å²) < 4.78 is 52.7. The van der Waals surface area contributed by atoms with Gasteiger partial charge in [0.15, 0.2) is 0 Å². The molecule has 9 heteroatoms. The number of oxazole rings is 1. The number of sulfone groups is 1. The molecule has 0 N–H and O–H groups in total. The number of hydrogen-bond donors (Lipinski definition) is 0. The zero-order chi connectivity index (χ0) is 21.5. The van der Waals surface area contributed by atoms with Gasteiger partial charge in [0, 0.05) is 18.1 Å². The molecule has 0 spiro atoms. The number of aromatic nitrogens is 1. The minimum atomic E-state index is -4.04. The first-order valence-corrected chi connectivity index (χ1v) is 11.3. The van der Waals surface area contributed by atoms with Crippen molar-refractivity contribution >= 4 is 27.3 Å². The van der Waals surface area contributed by atoms with Crippen molar-refractivity contribution in [3.05, 3.63) is 59.4 Å². The molecule has 0 radical (unpaired) electrons. The maximum atomic E-state index is 14.3. The van der Waals surface area contributed by atoms with E-state index in [2.05, 4.69) is 4.98 Å². The largest absolute Gasteiger partial charge is 0.419 e. The van der Waals surface area contributed by atoms with Crippen molar-refractivity contribution in [3.8, 4) is 11.5 Å². The molecule has 2 unspecified atom stereocenters. The molecule has 1 aliphatic heterocycles. The highest BCUT2D eigenvalue weighted by molar-refractivity contribution is 7.91. The van der Waals surface area contributed by atoms with Gasteiger partial charge in [-0.15, -0.1) is 0 Å². The standard InChI is InChI=1S/C21H20ClFN2O4S/c1-13-11-25(12-14(2)28-13)21-20(30(26,27)16-9-7-15(22)8-10-16)24-19(29-21)17-5-3-4-6-18(17)23/h3-10,13-14H,11-12H2,1-2H3. The van der Waals surface area contributed by atoms with Crippen molar-refractivity contribution < 1.29 is 22.0 Å². The third-order valence-electron chi connectivity index (χ3n) is 4.77. The molecule has 2 heterocycles. The van der Waals surface area contributed by atoms with Crippen LogP contribution in [0.2, 0.25) is 5.02 Å². The Bertz CT molecular complexity index is 1150. The molecule has 4 rings (SSSR count). The number of morpholine rings is 1. The molecule has 0 aliphatic carbocycles. The maximum Gasteiger partial charge on any atom is 0.236 e. The van der Waals surface area contributed by atoms with E-state index < -0.39 is 15.7 Å². The van der Waals surface area contributed by atoms with E-state index >= 15 is 0 Å². The van der Waals surface area contributed by atoms with Gasteiger partial charge in [-0.05, 0) is 50.2 Å². The van der Waals surface area contributed by atoms with E-state index in [1.54, 1.807) is 17.0 Å². The fraction of sp³-hybridized carbons (Fsp3) is 0.286. The minimum absolute atomic E-state index is 0.0240. The second-order valence-electron chi connectivity index (χ2n) is 7.23. The zero-order valence-corrected chi connectivity index (χ0v) is 18.0. The average molecular weight is 451 g/mol. The number of hydrogen-bond acceptors (Lipinski definition) is 6. The lowest BCUT2D eigenvalue weighted by molar-refractivity contribution is -0.00657. The molecule has 1 aliphatic rings. The Hall–Kier alpha value is -2.42. The van der Waals surface area contributed by atoms with Gasteiger partial charge in [-0.2, -0.15) is 4.98 Å². The third-order valence-corrected chi connectivity index (χ3v) is 6.69. The summed E-state index contributed by atoms with van der Waals surface area (Å²) in [6, 6.07) is 11.7. The van der Waals surface area contributed by atoms with Gasteiger partial charge in [0.2, 0.25) is 26.6 Å². The lowest BCUT2D eigenvalue weighted by Gasteiger charge is -2.35. The van der Waals surface area contributed by atoms with Gasteiger partial charge in [-0.25, -0.2) is 12.8 Å². The SMILES string of the molecule is CC1CN(c2oc(-c3ccccc3F)nc2S(=O)(=O)c2ccc(Cl)cc2)CC(C)O1. The first-order valence-electron chi connectivity index (χ1n) is 9.42. The highest BCUT2D eigenvalue weighted by Crippen LogP contribution is 2.36. The molecule has 2 atom stereocenters. The Morgan fingerprint density at radius 1 is 1.07 bits per heavy atom. The molecule has 30 heavy (non-hydrogen) atoms. The van der Waals surface area contributed by atoms with Gasteiger partial charge in [0.25, 0.3) is 0 Å². The number of ether oxygens (including phenoxy) is 1. The normalized spacial score (nSPS) is 19.8. The molecule has 3 aromatic rings. The van der Waals surface area contributed by atoms with Crippen LogP contribution in [0.25, 0.3) is 11.5 Å². The van der Waals surface area contributed by atoms with Crippen LogP contribution >= 0.6 is 11.6 Å². The van der Waals surface area contributed by atoms with E-state index in [9.17, 15) is 12.8 Å². The number of rotatable bonds is 4. The van der Waals surface area contributed by atoms with Crippen LogP contribution in [0.4, 0.5) is 10.3 Å². The van der Waals surface area contributed by atoms with Crippen molar-refractivity contribution in [2.45, 2.75) is 36.0 Å². The molecule has 2 aromatic carbocycles. The Labute approximate surface area is 179 Å². The smallest absolute Gasteiger partial charge is 0.236 e. The number of halogens is 2. The first-order chi connectivity index (χ1) is 14.3. The second-order valence-corrected chi connectivity index (χ2v) is 9.53. The summed E-state index contributed by atoms with van der Waals surface area (Å²) in [5, 5.41) is 0.154. The molecule has 158 valence electrons. The molecule has 1 fully saturated rings. The molecular weight excluding hydrogens is 431 g/mol. The predicted molar refractivity (Wildman–Crippen MR) is 111 cm³/mol. The summed E-state index contributed by atoms with van der Waals surface area (Å²) in [7, 11) is -4.04. The van der Waals surface area contributed by atoms with Crippen LogP contribution in [0, 0.1) is 5.82 Å². The van der Waals surface area contributed by atoms with E-state index in [0.717, 1.165) is 0 Å². The summed E-state index contributed by atoms with van der Waals surface area (Å²) in [5.74, 6) is -0.572. The van der Waals surface area contributed by atoms with E-state index in [0.29, 0.717) is 18.1 Å². The first kappa shape index (κ1) is 20.8. The van der Waals surface area contributed by atoms with Gasteiger partial charge < -0.3 is 14.1 Å². The van der Waals surface area contributed by atoms with Crippen LogP contribution in [0.5, 0.6) is 0 Å². The van der Waals surface area contributed by atoms with Crippen LogP contribution in [0.15, 0.2) is 62.9 Å². The fourth-order valence-corrected chi connectivity index (χ4v) is 4.94. The van der Waals surface area contributed by atoms with E-state index in [1.165, 1.54) is 36.4 Å². The molecule has 0 saturated carbocycles. The van der Waals surface area contributed by atoms with Crippen LogP contribution in [-0.2, 0) is 14.6 Å². The number of benzene rings is 2. The Morgan fingerprint density at radius 2 is 1.70 bits per heavy atom. The summed E-state index contributed by atoms with van der Waals surface area (Å²) in [5.41, 5.74) is 0.0886. The summed E-state index contributed by atoms with van der Waals surface area (Å²) >= 11 is 5.90. The fourth-order valence-electron chi connectivity index (χ4n) is 3.49. The van der Waals surface area contributed by atoms with E-state index in [4.69, 9.17) is 20.8 Å². The zero-order valence-electron chi connectivity index (χ0n) is 16.4. The Balaban J connectivity index is 1.87. The lowest BCUT2D eigenvalue weighted by atomic mass is 10.2. The molecule has 0 amide bonds. The van der Waals surface area contributed by atoms with Crippen molar-refractivity contribution in [2.24, 2.45) is 0 Å². The minimum Gasteiger partial charge on any atom is -0.419 e. The number of nitrogens with zero attached hydrogens (tertiary/aromatic N) is 2. The van der Waals surface area contributed by atoms with Gasteiger partial charge in [-0.1, -0.05) is 23.7 Å². The molecule has 6 nitrogen and oxygen atoms in total. The Morgan fingerprint density at radius 3 is 2.33 bits per heavy atom. The second kappa shape index (κ2) is 8.02. The summed E-state index contributed by atoms with van der Waals surface area (Å²) in [6.07, 6.45) is -0.274. The number of anilines is 1.